The molecule has 0 saturated carbocycles. The first-order chi connectivity index (χ1) is 14.7. The fourth-order valence-electron chi connectivity index (χ4n) is 2.91. The zero-order valence-electron chi connectivity index (χ0n) is 18.6. The van der Waals surface area contributed by atoms with Crippen LogP contribution in [-0.2, 0) is 14.3 Å². The summed E-state index contributed by atoms with van der Waals surface area (Å²) in [6.45, 7) is 6.69. The number of Topliss-reactive ketones (excluding diaryl/α,β-unsaturated/α-hetero) is 1. The van der Waals surface area contributed by atoms with Crippen LogP contribution in [0.4, 0.5) is 0 Å². The standard InChI is InChI=1S/C24H29NO6/c1-15(2)31-24(28)13-20(18-8-6-16(3)7-9-18)25-23(27)14-30-21-11-10-19(17(4)26)12-22(21)29-5/h6-12,15,20H,13-14H2,1-5H3,(H,25,27). The molecule has 1 N–H and O–H groups in total. The molecular weight excluding hydrogens is 398 g/mol. The molecule has 2 aromatic carbocycles. The number of nitrogens with one attached hydrogen (secondary N) is 1. The monoisotopic (exact) mass is 427 g/mol. The Balaban J connectivity index is 2.08. The third-order valence-corrected chi connectivity index (χ3v) is 4.48. The van der Waals surface area contributed by atoms with Crippen LogP contribution in [0.15, 0.2) is 42.5 Å². The lowest BCUT2D eigenvalue weighted by molar-refractivity contribution is -0.148. The van der Waals surface area contributed by atoms with E-state index in [0.717, 1.165) is 11.1 Å². The Bertz CT molecular complexity index is 920. The summed E-state index contributed by atoms with van der Waals surface area (Å²) < 4.78 is 16.1. The summed E-state index contributed by atoms with van der Waals surface area (Å²) in [5.74, 6) is -0.203. The summed E-state index contributed by atoms with van der Waals surface area (Å²) >= 11 is 0. The van der Waals surface area contributed by atoms with E-state index in [1.165, 1.54) is 14.0 Å². The number of hydrogen-bond acceptors (Lipinski definition) is 6. The minimum Gasteiger partial charge on any atom is -0.493 e. The molecule has 0 bridgehead atoms. The molecule has 0 heterocycles. The number of carbonyl (C=O) groups is 3. The number of amides is 1. The molecule has 0 aliphatic rings. The van der Waals surface area contributed by atoms with Gasteiger partial charge < -0.3 is 19.5 Å². The fraction of sp³-hybridized carbons (Fsp3) is 0.375. The summed E-state index contributed by atoms with van der Waals surface area (Å²) in [7, 11) is 1.46. The highest BCUT2D eigenvalue weighted by molar-refractivity contribution is 5.94. The molecule has 2 rings (SSSR count). The SMILES string of the molecule is COc1cc(C(C)=O)ccc1OCC(=O)NC(CC(=O)OC(C)C)c1ccc(C)cc1. The predicted molar refractivity (Wildman–Crippen MR) is 116 cm³/mol. The van der Waals surface area contributed by atoms with E-state index in [4.69, 9.17) is 14.2 Å². The van der Waals surface area contributed by atoms with Gasteiger partial charge in [0.2, 0.25) is 0 Å². The van der Waals surface area contributed by atoms with Gasteiger partial charge in [0, 0.05) is 5.56 Å². The number of methoxy groups -OCH3 is 1. The molecule has 1 unspecified atom stereocenters. The van der Waals surface area contributed by atoms with Crippen molar-refractivity contribution in [2.45, 2.75) is 46.3 Å². The minimum absolute atomic E-state index is 0.00358. The molecular formula is C24H29NO6. The molecule has 0 aromatic heterocycles. The first-order valence-corrected chi connectivity index (χ1v) is 10.1. The van der Waals surface area contributed by atoms with Crippen molar-refractivity contribution in [3.63, 3.8) is 0 Å². The van der Waals surface area contributed by atoms with Crippen LogP contribution in [0.1, 0.15) is 54.7 Å². The van der Waals surface area contributed by atoms with Crippen molar-refractivity contribution in [1.29, 1.82) is 0 Å². The Morgan fingerprint density at radius 2 is 1.68 bits per heavy atom. The maximum atomic E-state index is 12.6. The van der Waals surface area contributed by atoms with Gasteiger partial charge in [-0.15, -0.1) is 0 Å². The smallest absolute Gasteiger partial charge is 0.308 e. The summed E-state index contributed by atoms with van der Waals surface area (Å²) in [6.07, 6.45) is -0.237. The van der Waals surface area contributed by atoms with E-state index in [9.17, 15) is 14.4 Å². The van der Waals surface area contributed by atoms with Gasteiger partial charge in [-0.25, -0.2) is 0 Å². The number of benzene rings is 2. The van der Waals surface area contributed by atoms with Crippen molar-refractivity contribution in [2.75, 3.05) is 13.7 Å². The molecule has 166 valence electrons. The molecule has 7 nitrogen and oxygen atoms in total. The van der Waals surface area contributed by atoms with Gasteiger partial charge in [-0.2, -0.15) is 0 Å². The van der Waals surface area contributed by atoms with Gasteiger partial charge in [-0.1, -0.05) is 29.8 Å². The number of carbonyl (C=O) groups excluding carboxylic acids is 3. The molecule has 0 spiro atoms. The lowest BCUT2D eigenvalue weighted by atomic mass is 10.0. The van der Waals surface area contributed by atoms with E-state index in [1.807, 2.05) is 31.2 Å². The van der Waals surface area contributed by atoms with Crippen molar-refractivity contribution >= 4 is 17.7 Å². The van der Waals surface area contributed by atoms with Crippen molar-refractivity contribution in [1.82, 2.24) is 5.32 Å². The second-order valence-corrected chi connectivity index (χ2v) is 7.48. The summed E-state index contributed by atoms with van der Waals surface area (Å²) in [5, 5.41) is 2.83. The van der Waals surface area contributed by atoms with Crippen molar-refractivity contribution in [3.05, 3.63) is 59.2 Å². The lowest BCUT2D eigenvalue weighted by Gasteiger charge is -2.20. The highest BCUT2D eigenvalue weighted by atomic mass is 16.5. The Morgan fingerprint density at radius 3 is 2.26 bits per heavy atom. The van der Waals surface area contributed by atoms with Crippen LogP contribution in [0.2, 0.25) is 0 Å². The van der Waals surface area contributed by atoms with Crippen LogP contribution in [-0.4, -0.2) is 37.5 Å². The van der Waals surface area contributed by atoms with E-state index in [2.05, 4.69) is 5.32 Å². The van der Waals surface area contributed by atoms with Gasteiger partial charge in [-0.05, 0) is 51.5 Å². The lowest BCUT2D eigenvalue weighted by Crippen LogP contribution is -2.34. The van der Waals surface area contributed by atoms with E-state index in [0.29, 0.717) is 17.1 Å². The Labute approximate surface area is 182 Å². The molecule has 0 saturated heterocycles. The van der Waals surface area contributed by atoms with Gasteiger partial charge in [0.15, 0.2) is 23.9 Å². The number of aryl methyl sites for hydroxylation is 1. The Kier molecular flexibility index (Phi) is 8.61. The number of rotatable bonds is 10. The summed E-state index contributed by atoms with van der Waals surface area (Å²) in [6, 6.07) is 11.8. The van der Waals surface area contributed by atoms with Crippen LogP contribution in [0.5, 0.6) is 11.5 Å². The van der Waals surface area contributed by atoms with E-state index >= 15 is 0 Å². The van der Waals surface area contributed by atoms with Crippen molar-refractivity contribution in [3.8, 4) is 11.5 Å². The topological polar surface area (TPSA) is 90.9 Å². The Morgan fingerprint density at radius 1 is 1.00 bits per heavy atom. The zero-order chi connectivity index (χ0) is 23.0. The third kappa shape index (κ3) is 7.44. The first-order valence-electron chi connectivity index (χ1n) is 10.1. The molecule has 1 atom stereocenters. The van der Waals surface area contributed by atoms with Gasteiger partial charge in [0.25, 0.3) is 5.91 Å². The highest BCUT2D eigenvalue weighted by Gasteiger charge is 2.21. The normalized spacial score (nSPS) is 11.5. The van der Waals surface area contributed by atoms with Crippen molar-refractivity contribution in [2.24, 2.45) is 0 Å². The van der Waals surface area contributed by atoms with Crippen LogP contribution in [0, 0.1) is 6.92 Å². The minimum atomic E-state index is -0.551. The molecule has 0 fully saturated rings. The molecule has 7 heteroatoms. The molecule has 0 aliphatic carbocycles. The second-order valence-electron chi connectivity index (χ2n) is 7.48. The van der Waals surface area contributed by atoms with Crippen LogP contribution < -0.4 is 14.8 Å². The average molecular weight is 427 g/mol. The molecule has 31 heavy (non-hydrogen) atoms. The Hall–Kier alpha value is -3.35. The largest absolute Gasteiger partial charge is 0.493 e. The van der Waals surface area contributed by atoms with Crippen LogP contribution in [0.25, 0.3) is 0 Å². The first kappa shape index (κ1) is 23.9. The number of hydrogen-bond donors (Lipinski definition) is 1. The highest BCUT2D eigenvalue weighted by Crippen LogP contribution is 2.28. The quantitative estimate of drug-likeness (QED) is 0.458. The van der Waals surface area contributed by atoms with E-state index < -0.39 is 17.9 Å². The average Bonchev–Trinajstić information content (AvgIpc) is 2.71. The van der Waals surface area contributed by atoms with Crippen LogP contribution >= 0.6 is 0 Å². The number of ketones is 1. The van der Waals surface area contributed by atoms with E-state index in [-0.39, 0.29) is 24.9 Å². The maximum absolute atomic E-state index is 12.6. The maximum Gasteiger partial charge on any atom is 0.308 e. The zero-order valence-corrected chi connectivity index (χ0v) is 18.6. The summed E-state index contributed by atoms with van der Waals surface area (Å²) in [5.41, 5.74) is 2.35. The van der Waals surface area contributed by atoms with Gasteiger partial charge >= 0.3 is 5.97 Å². The molecule has 0 aliphatic heterocycles. The molecule has 0 radical (unpaired) electrons. The molecule has 2 aromatic rings. The second kappa shape index (κ2) is 11.2. The van der Waals surface area contributed by atoms with E-state index in [1.54, 1.807) is 32.0 Å². The summed E-state index contributed by atoms with van der Waals surface area (Å²) in [4.78, 5) is 36.3. The molecule has 1 amide bonds. The fourth-order valence-corrected chi connectivity index (χ4v) is 2.91. The van der Waals surface area contributed by atoms with Gasteiger partial charge in [0.05, 0.1) is 25.7 Å². The van der Waals surface area contributed by atoms with Gasteiger partial charge in [-0.3, -0.25) is 14.4 Å². The number of esters is 1. The third-order valence-electron chi connectivity index (χ3n) is 4.48. The predicted octanol–water partition coefficient (Wildman–Crippen LogP) is 3.78. The van der Waals surface area contributed by atoms with Crippen molar-refractivity contribution < 1.29 is 28.6 Å². The number of ether oxygens (including phenoxy) is 3. The van der Waals surface area contributed by atoms with Gasteiger partial charge in [0.1, 0.15) is 0 Å². The van der Waals surface area contributed by atoms with Crippen LogP contribution in [0.3, 0.4) is 0 Å².